The lowest BCUT2D eigenvalue weighted by Crippen LogP contribution is -2.39. The minimum atomic E-state index is 0. The van der Waals surface area contributed by atoms with Gasteiger partial charge in [-0.15, -0.1) is 24.0 Å². The van der Waals surface area contributed by atoms with Crippen LogP contribution in [0.3, 0.4) is 0 Å². The zero-order chi connectivity index (χ0) is 13.5. The molecule has 0 aliphatic rings. The Bertz CT molecular complexity index is 424. The molecule has 0 spiro atoms. The van der Waals surface area contributed by atoms with E-state index in [0.717, 1.165) is 24.5 Å². The van der Waals surface area contributed by atoms with Gasteiger partial charge in [0.25, 0.3) is 0 Å². The molecule has 0 saturated heterocycles. The lowest BCUT2D eigenvalue weighted by Gasteiger charge is -2.19. The van der Waals surface area contributed by atoms with E-state index >= 15 is 0 Å². The summed E-state index contributed by atoms with van der Waals surface area (Å²) in [6, 6.07) is 5.58. The molecule has 0 aliphatic heterocycles. The normalized spacial score (nSPS) is 12.6. The lowest BCUT2D eigenvalue weighted by atomic mass is 10.1. The van der Waals surface area contributed by atoms with Gasteiger partial charge in [0.1, 0.15) is 0 Å². The Hall–Kier alpha value is -0.200. The van der Waals surface area contributed by atoms with Gasteiger partial charge in [-0.05, 0) is 31.0 Å². The van der Waals surface area contributed by atoms with Crippen LogP contribution in [-0.2, 0) is 0 Å². The van der Waals surface area contributed by atoms with E-state index in [9.17, 15) is 0 Å². The molecule has 6 heteroatoms. The first kappa shape index (κ1) is 18.8. The Morgan fingerprint density at radius 1 is 1.37 bits per heavy atom. The minimum absolute atomic E-state index is 0. The van der Waals surface area contributed by atoms with Crippen molar-refractivity contribution in [2.24, 2.45) is 4.99 Å². The van der Waals surface area contributed by atoms with Crippen molar-refractivity contribution in [1.82, 2.24) is 10.6 Å². The number of benzene rings is 1. The number of aliphatic imine (C=N–C) groups is 1. The van der Waals surface area contributed by atoms with E-state index in [2.05, 4.69) is 22.5 Å². The maximum Gasteiger partial charge on any atom is 0.191 e. The second kappa shape index (κ2) is 9.66. The van der Waals surface area contributed by atoms with Gasteiger partial charge >= 0.3 is 0 Å². The predicted molar refractivity (Wildman–Crippen MR) is 95.1 cm³/mol. The Labute approximate surface area is 142 Å². The first-order chi connectivity index (χ1) is 8.58. The molecule has 0 aliphatic carbocycles. The highest BCUT2D eigenvalue weighted by molar-refractivity contribution is 14.0. The second-order valence-corrected chi connectivity index (χ2v) is 4.87. The summed E-state index contributed by atoms with van der Waals surface area (Å²) >= 11 is 12.1. The third-order valence-corrected chi connectivity index (χ3v) is 3.11. The SMILES string of the molecule is CCCNC(=NC)NC(C)c1ccc(Cl)cc1Cl.I. The van der Waals surface area contributed by atoms with E-state index in [4.69, 9.17) is 23.2 Å². The molecule has 1 rings (SSSR count). The molecule has 1 atom stereocenters. The molecule has 2 N–H and O–H groups in total. The summed E-state index contributed by atoms with van der Waals surface area (Å²) < 4.78 is 0. The van der Waals surface area contributed by atoms with Gasteiger partial charge in [-0.2, -0.15) is 0 Å². The van der Waals surface area contributed by atoms with Crippen molar-refractivity contribution in [2.75, 3.05) is 13.6 Å². The number of halogens is 3. The highest BCUT2D eigenvalue weighted by Crippen LogP contribution is 2.25. The van der Waals surface area contributed by atoms with Gasteiger partial charge in [0.15, 0.2) is 5.96 Å². The molecule has 0 heterocycles. The van der Waals surface area contributed by atoms with Crippen LogP contribution in [0.15, 0.2) is 23.2 Å². The molecule has 1 aromatic rings. The average molecular weight is 416 g/mol. The van der Waals surface area contributed by atoms with Gasteiger partial charge in [0.2, 0.25) is 0 Å². The maximum atomic E-state index is 6.17. The quantitative estimate of drug-likeness (QED) is 0.438. The summed E-state index contributed by atoms with van der Waals surface area (Å²) in [6.07, 6.45) is 1.05. The average Bonchev–Trinajstić information content (AvgIpc) is 2.34. The van der Waals surface area contributed by atoms with Gasteiger partial charge in [0.05, 0.1) is 6.04 Å². The number of rotatable bonds is 4. The first-order valence-corrected chi connectivity index (χ1v) is 6.76. The summed E-state index contributed by atoms with van der Waals surface area (Å²) in [7, 11) is 1.75. The Morgan fingerprint density at radius 3 is 2.58 bits per heavy atom. The molecule has 1 aromatic carbocycles. The predicted octanol–water partition coefficient (Wildman–Crippen LogP) is 4.25. The van der Waals surface area contributed by atoms with Crippen molar-refractivity contribution >= 4 is 53.1 Å². The Morgan fingerprint density at radius 2 is 2.05 bits per heavy atom. The molecule has 1 unspecified atom stereocenters. The molecule has 0 saturated carbocycles. The molecule has 0 amide bonds. The molecule has 108 valence electrons. The van der Waals surface area contributed by atoms with Crippen LogP contribution in [0.5, 0.6) is 0 Å². The van der Waals surface area contributed by atoms with E-state index in [0.29, 0.717) is 10.0 Å². The van der Waals surface area contributed by atoms with Crippen molar-refractivity contribution in [1.29, 1.82) is 0 Å². The Balaban J connectivity index is 0.00000324. The van der Waals surface area contributed by atoms with Crippen LogP contribution in [0, 0.1) is 0 Å². The molecule has 3 nitrogen and oxygen atoms in total. The molecule has 19 heavy (non-hydrogen) atoms. The number of hydrogen-bond donors (Lipinski definition) is 2. The van der Waals surface area contributed by atoms with E-state index < -0.39 is 0 Å². The summed E-state index contributed by atoms with van der Waals surface area (Å²) in [6.45, 7) is 5.04. The van der Waals surface area contributed by atoms with Gasteiger partial charge in [-0.1, -0.05) is 36.2 Å². The fourth-order valence-electron chi connectivity index (χ4n) is 1.57. The highest BCUT2D eigenvalue weighted by atomic mass is 127. The summed E-state index contributed by atoms with van der Waals surface area (Å²) in [5, 5.41) is 7.81. The monoisotopic (exact) mass is 415 g/mol. The van der Waals surface area contributed by atoms with Crippen molar-refractivity contribution in [3.63, 3.8) is 0 Å². The number of hydrogen-bond acceptors (Lipinski definition) is 1. The second-order valence-electron chi connectivity index (χ2n) is 4.03. The zero-order valence-electron chi connectivity index (χ0n) is 11.3. The topological polar surface area (TPSA) is 36.4 Å². The zero-order valence-corrected chi connectivity index (χ0v) is 15.2. The highest BCUT2D eigenvalue weighted by Gasteiger charge is 2.11. The number of guanidine groups is 1. The summed E-state index contributed by atoms with van der Waals surface area (Å²) in [5.41, 5.74) is 1.00. The van der Waals surface area contributed by atoms with E-state index in [1.807, 2.05) is 19.1 Å². The molecular formula is C13H20Cl2IN3. The molecule has 0 aromatic heterocycles. The van der Waals surface area contributed by atoms with E-state index in [1.165, 1.54) is 0 Å². The lowest BCUT2D eigenvalue weighted by molar-refractivity contribution is 0.682. The van der Waals surface area contributed by atoms with Gasteiger partial charge in [-0.3, -0.25) is 4.99 Å². The summed E-state index contributed by atoms with van der Waals surface area (Å²) in [4.78, 5) is 4.16. The van der Waals surface area contributed by atoms with Crippen LogP contribution in [-0.4, -0.2) is 19.6 Å². The van der Waals surface area contributed by atoms with Crippen LogP contribution in [0.2, 0.25) is 10.0 Å². The van der Waals surface area contributed by atoms with Crippen molar-refractivity contribution in [3.8, 4) is 0 Å². The van der Waals surface area contributed by atoms with E-state index in [-0.39, 0.29) is 30.0 Å². The smallest absolute Gasteiger partial charge is 0.191 e. The fourth-order valence-corrected chi connectivity index (χ4v) is 2.15. The summed E-state index contributed by atoms with van der Waals surface area (Å²) in [5.74, 6) is 0.773. The minimum Gasteiger partial charge on any atom is -0.356 e. The fraction of sp³-hybridized carbons (Fsp3) is 0.462. The van der Waals surface area contributed by atoms with Gasteiger partial charge in [-0.25, -0.2) is 0 Å². The third-order valence-electron chi connectivity index (χ3n) is 2.55. The molecule has 0 radical (unpaired) electrons. The maximum absolute atomic E-state index is 6.17. The standard InChI is InChI=1S/C13H19Cl2N3.HI/c1-4-7-17-13(16-3)18-9(2)11-6-5-10(14)8-12(11)15;/h5-6,8-9H,4,7H2,1-3H3,(H2,16,17,18);1H. The van der Waals surface area contributed by atoms with Crippen LogP contribution in [0.25, 0.3) is 0 Å². The van der Waals surface area contributed by atoms with Crippen molar-refractivity contribution < 1.29 is 0 Å². The van der Waals surface area contributed by atoms with E-state index in [1.54, 1.807) is 13.1 Å². The molecule has 0 fully saturated rings. The first-order valence-electron chi connectivity index (χ1n) is 6.00. The van der Waals surface area contributed by atoms with Crippen LogP contribution in [0.4, 0.5) is 0 Å². The number of nitrogens with zero attached hydrogens (tertiary/aromatic N) is 1. The largest absolute Gasteiger partial charge is 0.356 e. The van der Waals surface area contributed by atoms with Crippen LogP contribution in [0.1, 0.15) is 31.9 Å². The molecular weight excluding hydrogens is 396 g/mol. The third kappa shape index (κ3) is 6.19. The molecule has 0 bridgehead atoms. The van der Waals surface area contributed by atoms with Crippen LogP contribution >= 0.6 is 47.2 Å². The van der Waals surface area contributed by atoms with Crippen LogP contribution < -0.4 is 10.6 Å². The van der Waals surface area contributed by atoms with Crippen molar-refractivity contribution in [2.45, 2.75) is 26.3 Å². The van der Waals surface area contributed by atoms with Gasteiger partial charge < -0.3 is 10.6 Å². The Kier molecular flexibility index (Phi) is 9.56. The van der Waals surface area contributed by atoms with Gasteiger partial charge in [0, 0.05) is 23.6 Å². The number of nitrogens with one attached hydrogen (secondary N) is 2. The van der Waals surface area contributed by atoms with Crippen molar-refractivity contribution in [3.05, 3.63) is 33.8 Å².